The van der Waals surface area contributed by atoms with Gasteiger partial charge in [-0.1, -0.05) is 6.07 Å². The predicted octanol–water partition coefficient (Wildman–Crippen LogP) is 4.70. The smallest absolute Gasteiger partial charge is 0.341 e. The number of aromatic nitrogens is 2. The predicted molar refractivity (Wildman–Crippen MR) is 146 cm³/mol. The minimum atomic E-state index is -1.34. The Morgan fingerprint density at radius 3 is 2.69 bits per heavy atom. The highest BCUT2D eigenvalue weighted by Crippen LogP contribution is 2.32. The molecule has 2 fully saturated rings. The summed E-state index contributed by atoms with van der Waals surface area (Å²) in [6.07, 6.45) is 5.33. The molecular formula is C29H29FN4O5. The molecule has 0 bridgehead atoms. The van der Waals surface area contributed by atoms with Gasteiger partial charge in [-0.2, -0.15) is 4.98 Å². The average Bonchev–Trinajstić information content (AvgIpc) is 3.69. The molecule has 0 amide bonds. The fourth-order valence-electron chi connectivity index (χ4n) is 5.64. The van der Waals surface area contributed by atoms with E-state index in [1.807, 2.05) is 4.90 Å². The number of ether oxygens (including phenoxy) is 1. The summed E-state index contributed by atoms with van der Waals surface area (Å²) in [6, 6.07) is 12.1. The van der Waals surface area contributed by atoms with Gasteiger partial charge >= 0.3 is 5.97 Å². The summed E-state index contributed by atoms with van der Waals surface area (Å²) in [5.41, 5.74) is 2.04. The van der Waals surface area contributed by atoms with Crippen molar-refractivity contribution in [3.05, 3.63) is 70.3 Å². The Morgan fingerprint density at radius 1 is 1.13 bits per heavy atom. The molecule has 2 aromatic heterocycles. The molecule has 0 radical (unpaired) electrons. The number of carboxylic acid groups (broad SMARTS) is 1. The first-order valence-electron chi connectivity index (χ1n) is 13.1. The first-order chi connectivity index (χ1) is 18.9. The lowest BCUT2D eigenvalue weighted by Gasteiger charge is -2.21. The lowest BCUT2D eigenvalue weighted by molar-refractivity contribution is 0.0695. The lowest BCUT2D eigenvalue weighted by atomic mass is 10.1. The number of pyridine rings is 1. The number of oxazole rings is 1. The quantitative estimate of drug-likeness (QED) is 0.366. The van der Waals surface area contributed by atoms with E-state index >= 15 is 4.39 Å². The number of carbonyl (C=O) groups is 1. The van der Waals surface area contributed by atoms with E-state index in [9.17, 15) is 14.7 Å². The molecular weight excluding hydrogens is 503 g/mol. The number of methoxy groups -OCH3 is 1. The van der Waals surface area contributed by atoms with Crippen LogP contribution in [0.2, 0.25) is 0 Å². The van der Waals surface area contributed by atoms with E-state index in [0.29, 0.717) is 46.4 Å². The maximum atomic E-state index is 15.2. The van der Waals surface area contributed by atoms with Gasteiger partial charge in [0.05, 0.1) is 24.0 Å². The van der Waals surface area contributed by atoms with Crippen molar-refractivity contribution in [3.63, 3.8) is 0 Å². The molecule has 202 valence electrons. The van der Waals surface area contributed by atoms with Crippen LogP contribution in [0.5, 0.6) is 0 Å². The molecule has 6 rings (SSSR count). The van der Waals surface area contributed by atoms with Crippen molar-refractivity contribution in [1.29, 1.82) is 0 Å². The largest absolute Gasteiger partial charge is 0.477 e. The number of aromatic carboxylic acids is 1. The maximum absolute atomic E-state index is 15.2. The Labute approximate surface area is 224 Å². The zero-order chi connectivity index (χ0) is 27.1. The normalized spacial score (nSPS) is 17.4. The summed E-state index contributed by atoms with van der Waals surface area (Å²) in [5.74, 6) is -1.72. The summed E-state index contributed by atoms with van der Waals surface area (Å²) < 4.78 is 28.3. The van der Waals surface area contributed by atoms with Gasteiger partial charge in [-0.25, -0.2) is 9.18 Å². The molecule has 4 heterocycles. The molecule has 1 unspecified atom stereocenters. The third-order valence-corrected chi connectivity index (χ3v) is 7.59. The van der Waals surface area contributed by atoms with Gasteiger partial charge in [0.2, 0.25) is 0 Å². The van der Waals surface area contributed by atoms with Crippen molar-refractivity contribution in [2.24, 2.45) is 0 Å². The van der Waals surface area contributed by atoms with E-state index in [1.165, 1.54) is 18.3 Å². The van der Waals surface area contributed by atoms with Crippen LogP contribution in [0.25, 0.3) is 28.0 Å². The fourth-order valence-corrected chi connectivity index (χ4v) is 5.64. The Morgan fingerprint density at radius 2 is 1.95 bits per heavy atom. The van der Waals surface area contributed by atoms with Crippen LogP contribution in [0, 0.1) is 5.82 Å². The SMILES string of the molecule is COCC1CCCN1c1nc2ccc(-n3cc(C(=O)O)c(=O)cc3-c3ccc(N4CCCC4)c(F)c3)cc2o1. The Balaban J connectivity index is 1.43. The van der Waals surface area contributed by atoms with E-state index < -0.39 is 11.4 Å². The maximum Gasteiger partial charge on any atom is 0.341 e. The van der Waals surface area contributed by atoms with Crippen molar-refractivity contribution in [2.45, 2.75) is 31.7 Å². The number of benzene rings is 2. The lowest BCUT2D eigenvalue weighted by Crippen LogP contribution is -2.32. The number of halogens is 1. The second-order valence-corrected chi connectivity index (χ2v) is 10.1. The van der Waals surface area contributed by atoms with E-state index in [2.05, 4.69) is 9.88 Å². The van der Waals surface area contributed by atoms with Crippen LogP contribution in [0.15, 0.2) is 57.9 Å². The van der Waals surface area contributed by atoms with Gasteiger partial charge in [0, 0.05) is 56.3 Å². The number of hydrogen-bond acceptors (Lipinski definition) is 7. The summed E-state index contributed by atoms with van der Waals surface area (Å²) in [5, 5.41) is 9.64. The molecule has 9 nitrogen and oxygen atoms in total. The highest BCUT2D eigenvalue weighted by Gasteiger charge is 2.28. The van der Waals surface area contributed by atoms with Crippen LogP contribution in [-0.4, -0.2) is 60.0 Å². The summed E-state index contributed by atoms with van der Waals surface area (Å²) in [7, 11) is 1.67. The first-order valence-corrected chi connectivity index (χ1v) is 13.1. The van der Waals surface area contributed by atoms with E-state index in [0.717, 1.165) is 45.3 Å². The van der Waals surface area contributed by atoms with Crippen molar-refractivity contribution in [1.82, 2.24) is 9.55 Å². The van der Waals surface area contributed by atoms with Crippen molar-refractivity contribution in [3.8, 4) is 16.9 Å². The molecule has 2 aliphatic heterocycles. The van der Waals surface area contributed by atoms with Gasteiger partial charge in [-0.05, 0) is 49.9 Å². The van der Waals surface area contributed by atoms with Gasteiger partial charge in [-0.15, -0.1) is 0 Å². The van der Waals surface area contributed by atoms with Gasteiger partial charge in [0.15, 0.2) is 11.0 Å². The third kappa shape index (κ3) is 4.65. The van der Waals surface area contributed by atoms with E-state index in [4.69, 9.17) is 9.15 Å². The molecule has 1 N–H and O–H groups in total. The number of nitrogens with zero attached hydrogens (tertiary/aromatic N) is 4. The van der Waals surface area contributed by atoms with Crippen LogP contribution < -0.4 is 15.2 Å². The van der Waals surface area contributed by atoms with E-state index in [1.54, 1.807) is 42.0 Å². The molecule has 10 heteroatoms. The monoisotopic (exact) mass is 532 g/mol. The second-order valence-electron chi connectivity index (χ2n) is 10.1. The summed E-state index contributed by atoms with van der Waals surface area (Å²) in [6.45, 7) is 3.00. The molecule has 1 atom stereocenters. The van der Waals surface area contributed by atoms with Gasteiger partial charge in [0.25, 0.3) is 6.01 Å². The van der Waals surface area contributed by atoms with Gasteiger partial charge in [-0.3, -0.25) is 4.79 Å². The Hall–Kier alpha value is -4.18. The van der Waals surface area contributed by atoms with Crippen molar-refractivity contribution < 1.29 is 23.4 Å². The Bertz CT molecular complexity index is 1610. The molecule has 2 aromatic carbocycles. The van der Waals surface area contributed by atoms with Crippen LogP contribution in [0.3, 0.4) is 0 Å². The number of carboxylic acids is 1. The zero-order valence-electron chi connectivity index (χ0n) is 21.6. The topological polar surface area (TPSA) is 101 Å². The molecule has 2 saturated heterocycles. The highest BCUT2D eigenvalue weighted by molar-refractivity contribution is 5.88. The molecule has 0 aliphatic carbocycles. The molecule has 39 heavy (non-hydrogen) atoms. The average molecular weight is 533 g/mol. The standard InChI is InChI=1S/C29H29FN4O5/c1-38-17-20-5-4-12-33(20)29-31-23-8-7-19(14-27(23)39-29)34-16-21(28(36)37)26(35)15-25(34)18-6-9-24(22(30)13-18)32-10-2-3-11-32/h6-9,13-16,20H,2-5,10-12,17H2,1H3,(H,36,37). The molecule has 0 spiro atoms. The second kappa shape index (κ2) is 10.2. The summed E-state index contributed by atoms with van der Waals surface area (Å²) >= 11 is 0. The first kappa shape index (κ1) is 25.1. The molecule has 0 saturated carbocycles. The molecule has 2 aliphatic rings. The van der Waals surface area contributed by atoms with Crippen LogP contribution >= 0.6 is 0 Å². The number of anilines is 2. The van der Waals surface area contributed by atoms with E-state index in [-0.39, 0.29) is 17.4 Å². The minimum Gasteiger partial charge on any atom is -0.477 e. The van der Waals surface area contributed by atoms with Gasteiger partial charge < -0.3 is 28.6 Å². The third-order valence-electron chi connectivity index (χ3n) is 7.59. The van der Waals surface area contributed by atoms with Crippen molar-refractivity contribution in [2.75, 3.05) is 43.2 Å². The molecule has 4 aromatic rings. The number of hydrogen-bond donors (Lipinski definition) is 1. The Kier molecular flexibility index (Phi) is 6.56. The number of rotatable bonds is 7. The minimum absolute atomic E-state index is 0.185. The van der Waals surface area contributed by atoms with Crippen LogP contribution in [-0.2, 0) is 4.74 Å². The van der Waals surface area contributed by atoms with Crippen molar-refractivity contribution >= 4 is 28.8 Å². The highest BCUT2D eigenvalue weighted by atomic mass is 19.1. The van der Waals surface area contributed by atoms with Gasteiger partial charge in [0.1, 0.15) is 16.9 Å². The summed E-state index contributed by atoms with van der Waals surface area (Å²) in [4.78, 5) is 33.3. The number of fused-ring (bicyclic) bond motifs is 1. The zero-order valence-corrected chi connectivity index (χ0v) is 21.6. The fraction of sp³-hybridized carbons (Fsp3) is 0.345. The van der Waals surface area contributed by atoms with Crippen LogP contribution in [0.1, 0.15) is 36.0 Å². The van der Waals surface area contributed by atoms with Crippen LogP contribution in [0.4, 0.5) is 16.1 Å².